The Hall–Kier alpha value is -4.33. The van der Waals surface area contributed by atoms with E-state index in [-0.39, 0.29) is 39.5 Å². The lowest BCUT2D eigenvalue weighted by molar-refractivity contribution is -0.138. The zero-order valence-corrected chi connectivity index (χ0v) is 17.9. The topological polar surface area (TPSA) is 104 Å². The van der Waals surface area contributed by atoms with Crippen LogP contribution in [0.2, 0.25) is 0 Å². The van der Waals surface area contributed by atoms with Gasteiger partial charge in [0.1, 0.15) is 22.8 Å². The third-order valence-electron chi connectivity index (χ3n) is 4.38. The van der Waals surface area contributed by atoms with E-state index in [0.29, 0.717) is 16.3 Å². The molecule has 0 fully saturated rings. The van der Waals surface area contributed by atoms with Gasteiger partial charge in [-0.2, -0.15) is 4.73 Å². The third kappa shape index (κ3) is 4.24. The first kappa shape index (κ1) is 22.4. The highest BCUT2D eigenvalue weighted by Gasteiger charge is 2.21. The van der Waals surface area contributed by atoms with E-state index in [9.17, 15) is 19.5 Å². The molecule has 0 unspecified atom stereocenters. The first-order valence-corrected chi connectivity index (χ1v) is 9.44. The Kier molecular flexibility index (Phi) is 5.89. The summed E-state index contributed by atoms with van der Waals surface area (Å²) in [6.07, 6.45) is 0. The Morgan fingerprint density at radius 1 is 0.781 bits per heavy atom. The van der Waals surface area contributed by atoms with Gasteiger partial charge in [-0.15, -0.1) is 0 Å². The molecule has 3 rings (SSSR count). The Morgan fingerprint density at radius 3 is 1.88 bits per heavy atom. The van der Waals surface area contributed by atoms with Crippen LogP contribution in [0.3, 0.4) is 0 Å². The molecular formula is C24H21NO7. The second-order valence-electron chi connectivity index (χ2n) is 7.31. The van der Waals surface area contributed by atoms with Crippen molar-refractivity contribution in [2.24, 2.45) is 0 Å². The van der Waals surface area contributed by atoms with Crippen molar-refractivity contribution in [2.75, 3.05) is 0 Å². The number of hydrogen-bond acceptors (Lipinski definition) is 7. The molecule has 1 N–H and O–H groups in total. The molecule has 0 aliphatic rings. The molecule has 0 aliphatic heterocycles. The van der Waals surface area contributed by atoms with Gasteiger partial charge in [0, 0.05) is 33.6 Å². The normalized spacial score (nSPS) is 10.6. The number of benzene rings is 2. The number of fused-ring (bicyclic) bond motifs is 3. The van der Waals surface area contributed by atoms with Gasteiger partial charge in [0.05, 0.1) is 5.52 Å². The average Bonchev–Trinajstić information content (AvgIpc) is 3.01. The molecule has 0 amide bonds. The second kappa shape index (κ2) is 8.43. The Labute approximate surface area is 183 Å². The molecule has 8 nitrogen and oxygen atoms in total. The molecule has 0 bridgehead atoms. The maximum atomic E-state index is 12.2. The number of aromatic nitrogens is 1. The summed E-state index contributed by atoms with van der Waals surface area (Å²) in [5.74, 6) is -2.04. The molecule has 0 atom stereocenters. The van der Waals surface area contributed by atoms with Crippen LogP contribution in [0.4, 0.5) is 0 Å². The third-order valence-corrected chi connectivity index (χ3v) is 4.38. The lowest BCUT2D eigenvalue weighted by Crippen LogP contribution is -2.19. The molecule has 164 valence electrons. The van der Waals surface area contributed by atoms with Crippen LogP contribution in [0.5, 0.6) is 17.2 Å². The van der Waals surface area contributed by atoms with Gasteiger partial charge in [0.25, 0.3) is 0 Å². The van der Waals surface area contributed by atoms with Crippen molar-refractivity contribution in [3.05, 3.63) is 66.8 Å². The van der Waals surface area contributed by atoms with E-state index in [1.54, 1.807) is 6.07 Å². The summed E-state index contributed by atoms with van der Waals surface area (Å²) in [5, 5.41) is 11.5. The number of phenolic OH excluding ortho intramolecular Hbond substituents is 1. The van der Waals surface area contributed by atoms with Crippen LogP contribution in [-0.2, 0) is 14.4 Å². The highest BCUT2D eigenvalue weighted by Crippen LogP contribution is 2.39. The van der Waals surface area contributed by atoms with Crippen molar-refractivity contribution in [2.45, 2.75) is 20.8 Å². The van der Waals surface area contributed by atoms with E-state index in [1.165, 1.54) is 45.0 Å². The van der Waals surface area contributed by atoms with Crippen LogP contribution in [0.1, 0.15) is 20.8 Å². The molecule has 0 saturated carbocycles. The van der Waals surface area contributed by atoms with Crippen molar-refractivity contribution < 1.29 is 33.8 Å². The summed E-state index contributed by atoms with van der Waals surface area (Å²) in [4.78, 5) is 41.5. The predicted molar refractivity (Wildman–Crippen MR) is 118 cm³/mol. The highest BCUT2D eigenvalue weighted by molar-refractivity contribution is 6.11. The maximum Gasteiger partial charge on any atom is 0.358 e. The molecule has 32 heavy (non-hydrogen) atoms. The fourth-order valence-electron chi connectivity index (χ4n) is 2.81. The van der Waals surface area contributed by atoms with Gasteiger partial charge in [0.15, 0.2) is 0 Å². The van der Waals surface area contributed by atoms with Gasteiger partial charge in [-0.1, -0.05) is 19.7 Å². The van der Waals surface area contributed by atoms with Crippen molar-refractivity contribution >= 4 is 39.7 Å². The van der Waals surface area contributed by atoms with Crippen molar-refractivity contribution in [1.82, 2.24) is 4.73 Å². The van der Waals surface area contributed by atoms with Gasteiger partial charge >= 0.3 is 17.9 Å². The summed E-state index contributed by atoms with van der Waals surface area (Å²) in [6.45, 7) is 15.1. The molecule has 1 aromatic heterocycles. The zero-order valence-electron chi connectivity index (χ0n) is 17.9. The molecule has 1 heterocycles. The Morgan fingerprint density at radius 2 is 1.31 bits per heavy atom. The number of ether oxygens (including phenoxy) is 2. The molecule has 0 aliphatic carbocycles. The van der Waals surface area contributed by atoms with Gasteiger partial charge in [-0.05, 0) is 45.0 Å². The highest BCUT2D eigenvalue weighted by atomic mass is 16.7. The fourth-order valence-corrected chi connectivity index (χ4v) is 2.81. The number of aromatic hydroxyl groups is 1. The minimum Gasteiger partial charge on any atom is -0.505 e. The summed E-state index contributed by atoms with van der Waals surface area (Å²) >= 11 is 0. The zero-order chi connectivity index (χ0) is 23.7. The van der Waals surface area contributed by atoms with Gasteiger partial charge in [-0.3, -0.25) is 0 Å². The van der Waals surface area contributed by atoms with Crippen LogP contribution in [0.25, 0.3) is 21.8 Å². The number of carbonyl (C=O) groups excluding carboxylic acids is 3. The first-order valence-electron chi connectivity index (χ1n) is 9.44. The van der Waals surface area contributed by atoms with Crippen molar-refractivity contribution in [3.8, 4) is 17.2 Å². The molecule has 3 aromatic rings. The number of phenols is 1. The number of rotatable bonds is 6. The quantitative estimate of drug-likeness (QED) is 0.355. The van der Waals surface area contributed by atoms with Gasteiger partial charge in [-0.25, -0.2) is 14.4 Å². The molecule has 8 heteroatoms. The minimum atomic E-state index is -0.709. The largest absolute Gasteiger partial charge is 0.505 e. The lowest BCUT2D eigenvalue weighted by Gasteiger charge is -2.09. The lowest BCUT2D eigenvalue weighted by atomic mass is 10.1. The van der Waals surface area contributed by atoms with E-state index in [4.69, 9.17) is 14.3 Å². The summed E-state index contributed by atoms with van der Waals surface area (Å²) < 4.78 is 11.7. The summed E-state index contributed by atoms with van der Waals surface area (Å²) in [6, 6.07) is 7.31. The standard InChI is InChI=1S/C24H21NO7/c1-12(2)22(27)30-15-7-8-19-17(9-15)18-10-16(31-23(28)13(3)4)11-20(26)21(18)25(19)32-24(29)14(5)6/h7-11,26H,1,3,5H2,2,4,6H3. The number of hydrogen-bond donors (Lipinski definition) is 1. The van der Waals surface area contributed by atoms with Crippen LogP contribution in [-0.4, -0.2) is 27.7 Å². The fraction of sp³-hybridized carbons (Fsp3) is 0.125. The molecule has 2 aromatic carbocycles. The smallest absolute Gasteiger partial charge is 0.358 e. The first-order chi connectivity index (χ1) is 15.0. The number of esters is 2. The van der Waals surface area contributed by atoms with E-state index in [1.807, 2.05) is 0 Å². The van der Waals surface area contributed by atoms with Gasteiger partial charge < -0.3 is 19.4 Å². The van der Waals surface area contributed by atoms with Gasteiger partial charge in [0.2, 0.25) is 0 Å². The Bertz CT molecular complexity index is 1340. The maximum absolute atomic E-state index is 12.2. The van der Waals surface area contributed by atoms with E-state index < -0.39 is 17.9 Å². The second-order valence-corrected chi connectivity index (χ2v) is 7.31. The van der Waals surface area contributed by atoms with E-state index in [0.717, 1.165) is 4.73 Å². The number of nitrogens with zero attached hydrogens (tertiary/aromatic N) is 1. The number of carbonyl (C=O) groups is 3. The Balaban J connectivity index is 2.26. The molecular weight excluding hydrogens is 414 g/mol. The van der Waals surface area contributed by atoms with Crippen LogP contribution >= 0.6 is 0 Å². The summed E-state index contributed by atoms with van der Waals surface area (Å²) in [5.41, 5.74) is 1.08. The van der Waals surface area contributed by atoms with Crippen LogP contribution < -0.4 is 14.3 Å². The van der Waals surface area contributed by atoms with Crippen molar-refractivity contribution in [3.63, 3.8) is 0 Å². The molecule has 0 radical (unpaired) electrons. The molecule has 0 saturated heterocycles. The van der Waals surface area contributed by atoms with Crippen molar-refractivity contribution in [1.29, 1.82) is 0 Å². The summed E-state index contributed by atoms with van der Waals surface area (Å²) in [7, 11) is 0. The SMILES string of the molecule is C=C(C)C(=O)Oc1ccc2c(c1)c1cc(OC(=O)C(=C)C)cc(O)c1n2OC(=O)C(=C)C. The van der Waals surface area contributed by atoms with Crippen LogP contribution in [0.15, 0.2) is 66.8 Å². The van der Waals surface area contributed by atoms with Crippen LogP contribution in [0, 0.1) is 0 Å². The predicted octanol–water partition coefficient (Wildman–Crippen LogP) is 3.99. The minimum absolute atomic E-state index is 0.0533. The average molecular weight is 435 g/mol. The van der Waals surface area contributed by atoms with E-state index >= 15 is 0 Å². The monoisotopic (exact) mass is 435 g/mol. The molecule has 0 spiro atoms. The van der Waals surface area contributed by atoms with E-state index in [2.05, 4.69) is 19.7 Å².